The number of halogens is 6. The van der Waals surface area contributed by atoms with Crippen LogP contribution in [0.2, 0.25) is 0 Å². The van der Waals surface area contributed by atoms with E-state index in [0.717, 1.165) is 4.31 Å². The zero-order chi connectivity index (χ0) is 22.9. The molecule has 30 heavy (non-hydrogen) atoms. The van der Waals surface area contributed by atoms with Gasteiger partial charge in [-0.2, -0.15) is 30.6 Å². The van der Waals surface area contributed by atoms with Gasteiger partial charge in [0, 0.05) is 32.6 Å². The van der Waals surface area contributed by atoms with E-state index in [1.165, 1.54) is 4.90 Å². The third-order valence-corrected chi connectivity index (χ3v) is 6.60. The van der Waals surface area contributed by atoms with Crippen molar-refractivity contribution in [2.75, 3.05) is 26.2 Å². The van der Waals surface area contributed by atoms with Crippen LogP contribution in [0.4, 0.5) is 26.3 Å². The van der Waals surface area contributed by atoms with Crippen LogP contribution in [0.3, 0.4) is 0 Å². The van der Waals surface area contributed by atoms with Gasteiger partial charge in [-0.3, -0.25) is 4.79 Å². The van der Waals surface area contributed by atoms with Gasteiger partial charge in [0.25, 0.3) is 0 Å². The summed E-state index contributed by atoms with van der Waals surface area (Å²) in [5.74, 6) is 0.138. The topological polar surface area (TPSA) is 57.7 Å². The average Bonchev–Trinajstić information content (AvgIpc) is 2.64. The maximum absolute atomic E-state index is 13.0. The Morgan fingerprint density at radius 1 is 0.933 bits per heavy atom. The van der Waals surface area contributed by atoms with E-state index in [0.29, 0.717) is 12.3 Å². The molecule has 0 radical (unpaired) electrons. The lowest BCUT2D eigenvalue weighted by molar-refractivity contribution is -0.143. The van der Waals surface area contributed by atoms with Crippen molar-refractivity contribution in [1.82, 2.24) is 9.21 Å². The van der Waals surface area contributed by atoms with Gasteiger partial charge in [-0.25, -0.2) is 8.42 Å². The van der Waals surface area contributed by atoms with Crippen molar-refractivity contribution in [3.05, 3.63) is 29.3 Å². The van der Waals surface area contributed by atoms with Gasteiger partial charge in [-0.1, -0.05) is 13.8 Å². The fraction of sp³-hybridized carbons (Fsp3) is 0.611. The number of carbonyl (C=O) groups is 1. The van der Waals surface area contributed by atoms with E-state index in [2.05, 4.69) is 0 Å². The van der Waals surface area contributed by atoms with Crippen molar-refractivity contribution in [2.45, 2.75) is 43.9 Å². The fourth-order valence-corrected chi connectivity index (χ4v) is 4.47. The van der Waals surface area contributed by atoms with E-state index in [1.807, 2.05) is 13.8 Å². The number of amides is 1. The quantitative estimate of drug-likeness (QED) is 0.625. The van der Waals surface area contributed by atoms with Crippen molar-refractivity contribution in [3.63, 3.8) is 0 Å². The Morgan fingerprint density at radius 2 is 1.40 bits per heavy atom. The van der Waals surface area contributed by atoms with Gasteiger partial charge in [0.15, 0.2) is 0 Å². The highest BCUT2D eigenvalue weighted by atomic mass is 32.2. The molecule has 0 unspecified atom stereocenters. The van der Waals surface area contributed by atoms with Crippen molar-refractivity contribution in [1.29, 1.82) is 0 Å². The predicted octanol–water partition coefficient (Wildman–Crippen LogP) is 3.99. The van der Waals surface area contributed by atoms with Crippen LogP contribution >= 0.6 is 0 Å². The fourth-order valence-electron chi connectivity index (χ4n) is 2.97. The summed E-state index contributed by atoms with van der Waals surface area (Å²) in [6.45, 7) is 3.49. The minimum atomic E-state index is -5.15. The molecule has 2 rings (SSSR count). The molecule has 0 spiro atoms. The first-order valence-electron chi connectivity index (χ1n) is 9.20. The number of hydrogen-bond donors (Lipinski definition) is 0. The van der Waals surface area contributed by atoms with E-state index in [-0.39, 0.29) is 56.7 Å². The molecule has 1 fully saturated rings. The van der Waals surface area contributed by atoms with Crippen LogP contribution in [0.5, 0.6) is 0 Å². The second-order valence-electron chi connectivity index (χ2n) is 7.46. The van der Waals surface area contributed by atoms with Crippen LogP contribution in [0.15, 0.2) is 23.1 Å². The molecule has 1 saturated heterocycles. The summed E-state index contributed by atoms with van der Waals surface area (Å²) in [6.07, 6.45) is -9.35. The van der Waals surface area contributed by atoms with Crippen molar-refractivity contribution < 1.29 is 39.6 Å². The summed E-state index contributed by atoms with van der Waals surface area (Å²) in [4.78, 5) is 12.5. The standard InChI is InChI=1S/C18H22F6N2O3S/c1-12(2)3-4-16(27)25-5-7-26(8-6-25)30(28,29)15-10-13(17(19,20)21)9-14(11-15)18(22,23)24/h9-12H,3-8H2,1-2H3. The molecule has 1 aromatic rings. The summed E-state index contributed by atoms with van der Waals surface area (Å²) in [5, 5.41) is 0. The van der Waals surface area contributed by atoms with E-state index in [4.69, 9.17) is 0 Å². The summed E-state index contributed by atoms with van der Waals surface area (Å²) >= 11 is 0. The molecule has 1 aliphatic rings. The Balaban J connectivity index is 2.25. The lowest BCUT2D eigenvalue weighted by atomic mass is 10.1. The molecule has 0 aliphatic carbocycles. The second-order valence-corrected chi connectivity index (χ2v) is 9.40. The molecule has 0 aromatic heterocycles. The number of piperazine rings is 1. The third kappa shape index (κ3) is 5.87. The largest absolute Gasteiger partial charge is 0.416 e. The number of nitrogens with zero attached hydrogens (tertiary/aromatic N) is 2. The van der Waals surface area contributed by atoms with Crippen LogP contribution < -0.4 is 0 Å². The van der Waals surface area contributed by atoms with Gasteiger partial charge in [0.1, 0.15) is 0 Å². The molecule has 1 aromatic carbocycles. The molecule has 12 heteroatoms. The van der Waals surface area contributed by atoms with Crippen molar-refractivity contribution in [3.8, 4) is 0 Å². The van der Waals surface area contributed by atoms with E-state index in [9.17, 15) is 39.6 Å². The van der Waals surface area contributed by atoms with Crippen LogP contribution in [-0.4, -0.2) is 49.7 Å². The van der Waals surface area contributed by atoms with Crippen LogP contribution in [-0.2, 0) is 27.2 Å². The Labute approximate surface area is 170 Å². The highest BCUT2D eigenvalue weighted by Crippen LogP contribution is 2.37. The molecule has 1 amide bonds. The molecule has 0 N–H and O–H groups in total. The number of alkyl halides is 6. The first-order chi connectivity index (χ1) is 13.6. The Kier molecular flexibility index (Phi) is 7.12. The molecule has 5 nitrogen and oxygen atoms in total. The van der Waals surface area contributed by atoms with E-state index in [1.54, 1.807) is 0 Å². The summed E-state index contributed by atoms with van der Waals surface area (Å²) in [5.41, 5.74) is -3.39. The van der Waals surface area contributed by atoms with Gasteiger partial charge in [-0.05, 0) is 30.5 Å². The number of carbonyl (C=O) groups excluding carboxylic acids is 1. The summed E-state index contributed by atoms with van der Waals surface area (Å²) in [6, 6.07) is 0.278. The molecule has 0 saturated carbocycles. The molecular weight excluding hydrogens is 438 g/mol. The van der Waals surface area contributed by atoms with E-state index >= 15 is 0 Å². The van der Waals surface area contributed by atoms with Crippen LogP contribution in [0.1, 0.15) is 37.8 Å². The third-order valence-electron chi connectivity index (χ3n) is 4.73. The molecule has 170 valence electrons. The second kappa shape index (κ2) is 8.74. The van der Waals surface area contributed by atoms with Gasteiger partial charge in [0.05, 0.1) is 16.0 Å². The van der Waals surface area contributed by atoms with Crippen molar-refractivity contribution in [2.24, 2.45) is 5.92 Å². The minimum absolute atomic E-state index is 0.0151. The smallest absolute Gasteiger partial charge is 0.340 e. The zero-order valence-electron chi connectivity index (χ0n) is 16.3. The Bertz CT molecular complexity index is 841. The van der Waals surface area contributed by atoms with Gasteiger partial charge in [-0.15, -0.1) is 0 Å². The van der Waals surface area contributed by atoms with Gasteiger partial charge >= 0.3 is 12.4 Å². The summed E-state index contributed by atoms with van der Waals surface area (Å²) < 4.78 is 104. The zero-order valence-corrected chi connectivity index (χ0v) is 17.2. The maximum atomic E-state index is 13.0. The lowest BCUT2D eigenvalue weighted by Crippen LogP contribution is -2.50. The predicted molar refractivity (Wildman–Crippen MR) is 95.9 cm³/mol. The monoisotopic (exact) mass is 460 g/mol. The summed E-state index contributed by atoms with van der Waals surface area (Å²) in [7, 11) is -4.61. The number of benzene rings is 1. The molecule has 0 atom stereocenters. The lowest BCUT2D eigenvalue weighted by Gasteiger charge is -2.34. The maximum Gasteiger partial charge on any atom is 0.416 e. The number of hydrogen-bond acceptors (Lipinski definition) is 3. The Morgan fingerprint density at radius 3 is 1.80 bits per heavy atom. The first-order valence-corrected chi connectivity index (χ1v) is 10.6. The highest BCUT2D eigenvalue weighted by Gasteiger charge is 2.39. The molecule has 0 bridgehead atoms. The van der Waals surface area contributed by atoms with Crippen LogP contribution in [0.25, 0.3) is 0 Å². The first kappa shape index (κ1) is 24.4. The average molecular weight is 460 g/mol. The highest BCUT2D eigenvalue weighted by molar-refractivity contribution is 7.89. The molecular formula is C18H22F6N2O3S. The van der Waals surface area contributed by atoms with Crippen LogP contribution in [0, 0.1) is 5.92 Å². The van der Waals surface area contributed by atoms with Crippen molar-refractivity contribution >= 4 is 15.9 Å². The van der Waals surface area contributed by atoms with Gasteiger partial charge in [0.2, 0.25) is 15.9 Å². The normalized spacial score (nSPS) is 16.9. The molecule has 1 heterocycles. The van der Waals surface area contributed by atoms with Gasteiger partial charge < -0.3 is 4.90 Å². The number of rotatable bonds is 5. The van der Waals surface area contributed by atoms with E-state index < -0.39 is 38.4 Å². The molecule has 1 aliphatic heterocycles. The SMILES string of the molecule is CC(C)CCC(=O)N1CCN(S(=O)(=O)c2cc(C(F)(F)F)cc(C(F)(F)F)c2)CC1. The Hall–Kier alpha value is -1.82. The minimum Gasteiger partial charge on any atom is -0.340 e. The number of sulfonamides is 1.